The fourth-order valence-electron chi connectivity index (χ4n) is 2.88. The zero-order valence-electron chi connectivity index (χ0n) is 11.7. The predicted octanol–water partition coefficient (Wildman–Crippen LogP) is 2.23. The van der Waals surface area contributed by atoms with Crippen LogP contribution in [0.1, 0.15) is 32.1 Å². The maximum absolute atomic E-state index is 12.1. The van der Waals surface area contributed by atoms with Crippen molar-refractivity contribution in [2.45, 2.75) is 56.2 Å². The fourth-order valence-corrected chi connectivity index (χ4v) is 2.88. The van der Waals surface area contributed by atoms with Gasteiger partial charge in [-0.1, -0.05) is 0 Å². The lowest BCUT2D eigenvalue weighted by atomic mass is 9.87. The molecule has 0 aromatic carbocycles. The van der Waals surface area contributed by atoms with E-state index in [9.17, 15) is 13.2 Å². The minimum atomic E-state index is -4.11. The van der Waals surface area contributed by atoms with Gasteiger partial charge < -0.3 is 19.5 Å². The second-order valence-corrected chi connectivity index (χ2v) is 5.37. The first-order valence-electron chi connectivity index (χ1n) is 7.08. The van der Waals surface area contributed by atoms with Gasteiger partial charge in [0, 0.05) is 31.9 Å². The summed E-state index contributed by atoms with van der Waals surface area (Å²) < 4.78 is 53.2. The van der Waals surface area contributed by atoms with Gasteiger partial charge in [0.05, 0.1) is 19.3 Å². The Morgan fingerprint density at radius 3 is 2.60 bits per heavy atom. The van der Waals surface area contributed by atoms with Crippen molar-refractivity contribution < 1.29 is 27.4 Å². The molecule has 0 aromatic rings. The molecule has 2 fully saturated rings. The van der Waals surface area contributed by atoms with Crippen molar-refractivity contribution in [3.05, 3.63) is 0 Å². The average Bonchev–Trinajstić information content (AvgIpc) is 2.82. The SMILES string of the molecule is CNC1CCC2(CC1OCCCC(F)(F)F)OCCO2. The molecule has 0 bridgehead atoms. The molecule has 7 heteroatoms. The molecule has 1 aliphatic carbocycles. The van der Waals surface area contributed by atoms with Crippen LogP contribution in [0.5, 0.6) is 0 Å². The summed E-state index contributed by atoms with van der Waals surface area (Å²) in [7, 11) is 1.84. The molecule has 1 N–H and O–H groups in total. The number of likely N-dealkylation sites (N-methyl/N-ethyl adjacent to an activating group) is 1. The summed E-state index contributed by atoms with van der Waals surface area (Å²) in [6.45, 7) is 1.26. The molecule has 1 saturated heterocycles. The minimum absolute atomic E-state index is 0.00878. The van der Waals surface area contributed by atoms with E-state index < -0.39 is 18.4 Å². The fraction of sp³-hybridized carbons (Fsp3) is 1.00. The van der Waals surface area contributed by atoms with E-state index in [0.717, 1.165) is 12.8 Å². The predicted molar refractivity (Wildman–Crippen MR) is 66.4 cm³/mol. The number of rotatable bonds is 5. The highest BCUT2D eigenvalue weighted by Crippen LogP contribution is 2.37. The lowest BCUT2D eigenvalue weighted by Gasteiger charge is -2.40. The summed E-state index contributed by atoms with van der Waals surface area (Å²) in [5, 5.41) is 3.16. The molecule has 1 heterocycles. The standard InChI is InChI=1S/C13H22F3NO3/c1-17-10-3-5-12(19-7-8-20-12)9-11(10)18-6-2-4-13(14,15)16/h10-11,17H,2-9H2,1H3. The molecule has 0 amide bonds. The third kappa shape index (κ3) is 4.31. The third-order valence-electron chi connectivity index (χ3n) is 3.92. The van der Waals surface area contributed by atoms with E-state index in [2.05, 4.69) is 5.32 Å². The van der Waals surface area contributed by atoms with Gasteiger partial charge in [-0.25, -0.2) is 0 Å². The highest BCUT2D eigenvalue weighted by atomic mass is 19.4. The van der Waals surface area contributed by atoms with Crippen molar-refractivity contribution in [2.75, 3.05) is 26.9 Å². The average molecular weight is 297 g/mol. The first-order valence-corrected chi connectivity index (χ1v) is 7.08. The van der Waals surface area contributed by atoms with Crippen molar-refractivity contribution >= 4 is 0 Å². The normalized spacial score (nSPS) is 30.0. The Bertz CT molecular complexity index is 306. The van der Waals surface area contributed by atoms with Crippen LogP contribution in [-0.4, -0.2) is 51.0 Å². The lowest BCUT2D eigenvalue weighted by Crippen LogP contribution is -2.51. The summed E-state index contributed by atoms with van der Waals surface area (Å²) in [5.41, 5.74) is 0. The van der Waals surface area contributed by atoms with Gasteiger partial charge in [0.2, 0.25) is 0 Å². The molecule has 1 aliphatic heterocycles. The van der Waals surface area contributed by atoms with E-state index in [1.165, 1.54) is 0 Å². The Hall–Kier alpha value is -0.370. The van der Waals surface area contributed by atoms with Gasteiger partial charge in [-0.3, -0.25) is 0 Å². The zero-order chi connectivity index (χ0) is 14.6. The van der Waals surface area contributed by atoms with Gasteiger partial charge >= 0.3 is 6.18 Å². The number of hydrogen-bond donors (Lipinski definition) is 1. The van der Waals surface area contributed by atoms with Gasteiger partial charge in [-0.05, 0) is 19.9 Å². The highest BCUT2D eigenvalue weighted by molar-refractivity contribution is 4.91. The smallest absolute Gasteiger partial charge is 0.376 e. The van der Waals surface area contributed by atoms with Crippen molar-refractivity contribution in [1.29, 1.82) is 0 Å². The molecule has 2 atom stereocenters. The van der Waals surface area contributed by atoms with E-state index in [1.807, 2.05) is 7.05 Å². The maximum Gasteiger partial charge on any atom is 0.389 e. The molecular formula is C13H22F3NO3. The summed E-state index contributed by atoms with van der Waals surface area (Å²) in [6, 6.07) is 0.138. The van der Waals surface area contributed by atoms with Crippen LogP contribution in [0.2, 0.25) is 0 Å². The van der Waals surface area contributed by atoms with Crippen molar-refractivity contribution in [1.82, 2.24) is 5.32 Å². The number of ether oxygens (including phenoxy) is 3. The molecule has 4 nitrogen and oxygen atoms in total. The topological polar surface area (TPSA) is 39.7 Å². The van der Waals surface area contributed by atoms with Crippen LogP contribution in [0, 0.1) is 0 Å². The van der Waals surface area contributed by atoms with Crippen LogP contribution >= 0.6 is 0 Å². The first-order chi connectivity index (χ1) is 9.44. The number of hydrogen-bond acceptors (Lipinski definition) is 4. The lowest BCUT2D eigenvalue weighted by molar-refractivity contribution is -0.207. The Labute approximate surface area is 116 Å². The number of alkyl halides is 3. The van der Waals surface area contributed by atoms with E-state index in [-0.39, 0.29) is 25.2 Å². The molecule has 2 unspecified atom stereocenters. The third-order valence-corrected chi connectivity index (χ3v) is 3.92. The monoisotopic (exact) mass is 297 g/mol. The second-order valence-electron chi connectivity index (χ2n) is 5.37. The van der Waals surface area contributed by atoms with Gasteiger partial charge in [-0.2, -0.15) is 13.2 Å². The van der Waals surface area contributed by atoms with Gasteiger partial charge in [0.15, 0.2) is 5.79 Å². The van der Waals surface area contributed by atoms with Crippen LogP contribution in [0.15, 0.2) is 0 Å². The summed E-state index contributed by atoms with van der Waals surface area (Å²) >= 11 is 0. The van der Waals surface area contributed by atoms with E-state index in [1.54, 1.807) is 0 Å². The molecule has 118 valence electrons. The summed E-state index contributed by atoms with van der Waals surface area (Å²) in [6.07, 6.45) is -2.89. The molecule has 1 saturated carbocycles. The highest BCUT2D eigenvalue weighted by Gasteiger charge is 2.45. The molecule has 2 rings (SSSR count). The molecular weight excluding hydrogens is 275 g/mol. The Balaban J connectivity index is 1.80. The Morgan fingerprint density at radius 1 is 1.30 bits per heavy atom. The van der Waals surface area contributed by atoms with Gasteiger partial charge in [0.1, 0.15) is 0 Å². The largest absolute Gasteiger partial charge is 0.389 e. The van der Waals surface area contributed by atoms with E-state index in [0.29, 0.717) is 19.6 Å². The van der Waals surface area contributed by atoms with Crippen LogP contribution < -0.4 is 5.32 Å². The van der Waals surface area contributed by atoms with Crippen LogP contribution in [0.3, 0.4) is 0 Å². The first kappa shape index (κ1) is 16.0. The second kappa shape index (κ2) is 6.60. The van der Waals surface area contributed by atoms with Crippen molar-refractivity contribution in [2.24, 2.45) is 0 Å². The van der Waals surface area contributed by atoms with Crippen molar-refractivity contribution in [3.63, 3.8) is 0 Å². The number of halogens is 3. The van der Waals surface area contributed by atoms with E-state index >= 15 is 0 Å². The summed E-state index contributed by atoms with van der Waals surface area (Å²) in [5.74, 6) is -0.581. The van der Waals surface area contributed by atoms with Crippen LogP contribution in [0.4, 0.5) is 13.2 Å². The molecule has 0 aromatic heterocycles. The molecule has 0 radical (unpaired) electrons. The summed E-state index contributed by atoms with van der Waals surface area (Å²) in [4.78, 5) is 0. The quantitative estimate of drug-likeness (QED) is 0.790. The molecule has 1 spiro atoms. The van der Waals surface area contributed by atoms with Gasteiger partial charge in [0.25, 0.3) is 0 Å². The number of nitrogens with one attached hydrogen (secondary N) is 1. The molecule has 20 heavy (non-hydrogen) atoms. The maximum atomic E-state index is 12.1. The van der Waals surface area contributed by atoms with Crippen LogP contribution in [0.25, 0.3) is 0 Å². The van der Waals surface area contributed by atoms with Crippen molar-refractivity contribution in [3.8, 4) is 0 Å². The zero-order valence-corrected chi connectivity index (χ0v) is 11.7. The Kier molecular flexibility index (Phi) is 5.28. The molecule has 2 aliphatic rings. The Morgan fingerprint density at radius 2 is 2.00 bits per heavy atom. The van der Waals surface area contributed by atoms with E-state index in [4.69, 9.17) is 14.2 Å². The minimum Gasteiger partial charge on any atom is -0.376 e. The van der Waals surface area contributed by atoms with Gasteiger partial charge in [-0.15, -0.1) is 0 Å². The van der Waals surface area contributed by atoms with Crippen LogP contribution in [-0.2, 0) is 14.2 Å².